The van der Waals surface area contributed by atoms with E-state index in [1.807, 2.05) is 11.3 Å². The molecule has 5 heteroatoms. The number of fused-ring (bicyclic) bond motifs is 5. The predicted molar refractivity (Wildman–Crippen MR) is 104 cm³/mol. The molecule has 2 aliphatic rings. The molecule has 4 rings (SSSR count). The molecule has 130 valence electrons. The van der Waals surface area contributed by atoms with Crippen molar-refractivity contribution in [1.82, 2.24) is 5.32 Å². The summed E-state index contributed by atoms with van der Waals surface area (Å²) >= 11 is 1.91. The van der Waals surface area contributed by atoms with E-state index in [4.69, 9.17) is 0 Å². The summed E-state index contributed by atoms with van der Waals surface area (Å²) in [5.41, 5.74) is 3.91. The third-order valence-corrected chi connectivity index (χ3v) is 6.72. The average Bonchev–Trinajstić information content (AvgIpc) is 2.92. The predicted octanol–water partition coefficient (Wildman–Crippen LogP) is 4.58. The van der Waals surface area contributed by atoms with Gasteiger partial charge in [-0.05, 0) is 53.1 Å². The summed E-state index contributed by atoms with van der Waals surface area (Å²) < 4.78 is 0. The summed E-state index contributed by atoms with van der Waals surface area (Å²) in [4.78, 5) is 2.83. The fourth-order valence-corrected chi connectivity index (χ4v) is 5.10. The summed E-state index contributed by atoms with van der Waals surface area (Å²) in [6.45, 7) is 7.71. The van der Waals surface area contributed by atoms with Crippen molar-refractivity contribution in [2.24, 2.45) is 0 Å². The number of hydrogen-bond acceptors (Lipinski definition) is 4. The highest BCUT2D eigenvalue weighted by molar-refractivity contribution is 8.93. The van der Waals surface area contributed by atoms with Crippen LogP contribution in [0.4, 0.5) is 0 Å². The molecule has 0 radical (unpaired) electrons. The molecule has 3 nitrogen and oxygen atoms in total. The van der Waals surface area contributed by atoms with E-state index >= 15 is 0 Å². The van der Waals surface area contributed by atoms with Gasteiger partial charge in [-0.15, -0.1) is 28.3 Å². The smallest absolute Gasteiger partial charge is 0.157 e. The van der Waals surface area contributed by atoms with Crippen LogP contribution in [0.1, 0.15) is 59.6 Å². The minimum atomic E-state index is -0.0113. The molecule has 0 saturated heterocycles. The average molecular weight is 410 g/mol. The zero-order chi connectivity index (χ0) is 16.4. The van der Waals surface area contributed by atoms with Crippen LogP contribution in [-0.2, 0) is 18.4 Å². The maximum atomic E-state index is 9.98. The van der Waals surface area contributed by atoms with Crippen molar-refractivity contribution in [3.8, 4) is 11.5 Å². The Morgan fingerprint density at radius 2 is 1.79 bits per heavy atom. The van der Waals surface area contributed by atoms with E-state index in [1.165, 1.54) is 26.4 Å². The monoisotopic (exact) mass is 409 g/mol. The maximum Gasteiger partial charge on any atom is 0.157 e. The van der Waals surface area contributed by atoms with Gasteiger partial charge in [0.2, 0.25) is 0 Å². The molecule has 2 aromatic rings. The van der Waals surface area contributed by atoms with Crippen LogP contribution in [0.15, 0.2) is 18.2 Å². The van der Waals surface area contributed by atoms with Gasteiger partial charge in [0.05, 0.1) is 0 Å². The molecule has 1 aliphatic carbocycles. The van der Waals surface area contributed by atoms with Crippen molar-refractivity contribution in [1.29, 1.82) is 0 Å². The van der Waals surface area contributed by atoms with Gasteiger partial charge >= 0.3 is 0 Å². The van der Waals surface area contributed by atoms with Crippen molar-refractivity contribution < 1.29 is 10.2 Å². The molecule has 0 unspecified atom stereocenters. The van der Waals surface area contributed by atoms with Gasteiger partial charge in [-0.2, -0.15) is 0 Å². The lowest BCUT2D eigenvalue weighted by atomic mass is 9.73. The van der Waals surface area contributed by atoms with Gasteiger partial charge in [0.25, 0.3) is 0 Å². The standard InChI is InChI=1S/C19H23NO2S.BrH/c1-19(2,3)17-8-12-16(23-17)9-20-13-5-4-10-6-14(21)15(22)7-11(10)18(12)13;/h6-8,13,18,20-22H,4-5,9H2,1-3H3;1H/t13-,18+;/m1./s1. The molecule has 0 bridgehead atoms. The van der Waals surface area contributed by atoms with E-state index < -0.39 is 0 Å². The number of phenols is 2. The molecule has 2 atom stereocenters. The lowest BCUT2D eigenvalue weighted by Crippen LogP contribution is -2.41. The molecular weight excluding hydrogens is 386 g/mol. The normalized spacial score (nSPS) is 22.1. The molecule has 1 aliphatic heterocycles. The second kappa shape index (κ2) is 6.04. The van der Waals surface area contributed by atoms with E-state index in [0.717, 1.165) is 19.4 Å². The Labute approximate surface area is 157 Å². The number of halogens is 1. The Kier molecular flexibility index (Phi) is 4.47. The molecule has 24 heavy (non-hydrogen) atoms. The highest BCUT2D eigenvalue weighted by Crippen LogP contribution is 2.47. The van der Waals surface area contributed by atoms with Crippen LogP contribution in [0.5, 0.6) is 11.5 Å². The van der Waals surface area contributed by atoms with Crippen LogP contribution in [0, 0.1) is 0 Å². The highest BCUT2D eigenvalue weighted by Gasteiger charge is 2.37. The number of aromatic hydroxyl groups is 2. The van der Waals surface area contributed by atoms with Gasteiger partial charge in [0.15, 0.2) is 11.5 Å². The number of benzene rings is 1. The van der Waals surface area contributed by atoms with Crippen LogP contribution < -0.4 is 5.32 Å². The van der Waals surface area contributed by atoms with Gasteiger partial charge in [-0.1, -0.05) is 20.8 Å². The van der Waals surface area contributed by atoms with E-state index in [0.29, 0.717) is 6.04 Å². The van der Waals surface area contributed by atoms with Crippen molar-refractivity contribution >= 4 is 28.3 Å². The molecule has 0 fully saturated rings. The van der Waals surface area contributed by atoms with Gasteiger partial charge in [-0.3, -0.25) is 0 Å². The summed E-state index contributed by atoms with van der Waals surface area (Å²) in [6.07, 6.45) is 2.02. The van der Waals surface area contributed by atoms with Crippen LogP contribution in [0.3, 0.4) is 0 Å². The first-order chi connectivity index (χ1) is 10.8. The van der Waals surface area contributed by atoms with E-state index in [9.17, 15) is 10.2 Å². The number of rotatable bonds is 0. The van der Waals surface area contributed by atoms with Crippen LogP contribution in [-0.4, -0.2) is 16.3 Å². The van der Waals surface area contributed by atoms with Gasteiger partial charge < -0.3 is 15.5 Å². The van der Waals surface area contributed by atoms with Crippen molar-refractivity contribution in [3.05, 3.63) is 44.6 Å². The van der Waals surface area contributed by atoms with Gasteiger partial charge in [0, 0.05) is 28.3 Å². The highest BCUT2D eigenvalue weighted by atomic mass is 79.9. The summed E-state index contributed by atoms with van der Waals surface area (Å²) in [5.74, 6) is 0.260. The van der Waals surface area contributed by atoms with E-state index in [-0.39, 0.29) is 39.8 Å². The van der Waals surface area contributed by atoms with Gasteiger partial charge in [-0.25, -0.2) is 0 Å². The fourth-order valence-electron chi connectivity index (χ4n) is 3.88. The molecule has 0 saturated carbocycles. The Morgan fingerprint density at radius 1 is 1.08 bits per heavy atom. The molecule has 1 aromatic heterocycles. The number of hydrogen-bond donors (Lipinski definition) is 3. The molecule has 2 heterocycles. The fraction of sp³-hybridized carbons (Fsp3) is 0.474. The second-order valence-corrected chi connectivity index (χ2v) is 8.92. The Balaban J connectivity index is 0.00000169. The van der Waals surface area contributed by atoms with Gasteiger partial charge in [0.1, 0.15) is 0 Å². The van der Waals surface area contributed by atoms with Crippen LogP contribution in [0.2, 0.25) is 0 Å². The molecule has 3 N–H and O–H groups in total. The topological polar surface area (TPSA) is 52.5 Å². The zero-order valence-electron chi connectivity index (χ0n) is 14.2. The van der Waals surface area contributed by atoms with Crippen molar-refractivity contribution in [2.75, 3.05) is 0 Å². The molecular formula is C19H24BrNO2S. The first-order valence-corrected chi connectivity index (χ1v) is 9.07. The summed E-state index contributed by atoms with van der Waals surface area (Å²) in [5, 5.41) is 23.5. The summed E-state index contributed by atoms with van der Waals surface area (Å²) in [7, 11) is 0. The van der Waals surface area contributed by atoms with E-state index in [1.54, 1.807) is 12.1 Å². The number of phenolic OH excluding ortho intramolecular Hbond substituents is 2. The molecule has 0 spiro atoms. The molecule has 0 amide bonds. The lowest BCUT2D eigenvalue weighted by molar-refractivity contribution is 0.382. The number of aryl methyl sites for hydroxylation is 1. The van der Waals surface area contributed by atoms with E-state index in [2.05, 4.69) is 32.2 Å². The van der Waals surface area contributed by atoms with Crippen LogP contribution >= 0.6 is 28.3 Å². The number of thiophene rings is 1. The van der Waals surface area contributed by atoms with Crippen LogP contribution in [0.25, 0.3) is 0 Å². The minimum absolute atomic E-state index is 0. The quantitative estimate of drug-likeness (QED) is 0.557. The second-order valence-electron chi connectivity index (χ2n) is 7.78. The molecule has 1 aromatic carbocycles. The minimum Gasteiger partial charge on any atom is -0.504 e. The summed E-state index contributed by atoms with van der Waals surface area (Å²) in [6, 6.07) is 6.30. The maximum absolute atomic E-state index is 9.98. The SMILES string of the molecule is Br.CC(C)(C)c1cc2c(s1)CN[C@@H]1CCc3cc(O)c(O)cc3[C@@H]21. The van der Waals surface area contributed by atoms with Crippen molar-refractivity contribution in [3.63, 3.8) is 0 Å². The lowest BCUT2D eigenvalue weighted by Gasteiger charge is -2.38. The first-order valence-electron chi connectivity index (χ1n) is 8.26. The third kappa shape index (κ3) is 2.76. The Morgan fingerprint density at radius 3 is 2.50 bits per heavy atom. The van der Waals surface area contributed by atoms with Crippen molar-refractivity contribution in [2.45, 2.75) is 57.5 Å². The largest absolute Gasteiger partial charge is 0.504 e. The first kappa shape index (κ1) is 17.8. The number of nitrogens with one attached hydrogen (secondary N) is 1. The zero-order valence-corrected chi connectivity index (χ0v) is 16.7. The Bertz CT molecular complexity index is 778. The third-order valence-electron chi connectivity index (χ3n) is 5.14. The Hall–Kier alpha value is -1.04.